The number of hydrogen-bond acceptors (Lipinski definition) is 7. The molecule has 0 unspecified atom stereocenters. The van der Waals surface area contributed by atoms with Crippen molar-refractivity contribution in [1.29, 1.82) is 0 Å². The number of rotatable bonds is 9. The van der Waals surface area contributed by atoms with Gasteiger partial charge < -0.3 is 15.4 Å². The molecule has 1 amide bonds. The molecule has 0 saturated heterocycles. The number of nitrogens with zero attached hydrogens (tertiary/aromatic N) is 2. The number of halogens is 1. The Morgan fingerprint density at radius 2 is 1.96 bits per heavy atom. The molecule has 0 atom stereocenters. The molecule has 0 fully saturated rings. The number of para-hydroxylation sites is 2. The van der Waals surface area contributed by atoms with Gasteiger partial charge in [-0.25, -0.2) is 0 Å². The van der Waals surface area contributed by atoms with Gasteiger partial charge in [-0.15, -0.1) is 10.2 Å². The van der Waals surface area contributed by atoms with Crippen molar-refractivity contribution in [2.75, 3.05) is 18.2 Å². The second-order valence-electron chi connectivity index (χ2n) is 5.67. The third-order valence-corrected chi connectivity index (χ3v) is 6.09. The van der Waals surface area contributed by atoms with Gasteiger partial charge in [0.25, 0.3) is 0 Å². The van der Waals surface area contributed by atoms with Crippen LogP contribution in [-0.2, 0) is 11.3 Å². The Bertz CT molecular complexity index is 936. The summed E-state index contributed by atoms with van der Waals surface area (Å²) < 4.78 is 6.12. The Morgan fingerprint density at radius 3 is 2.79 bits per heavy atom. The zero-order chi connectivity index (χ0) is 19.8. The third-order valence-electron chi connectivity index (χ3n) is 3.74. The summed E-state index contributed by atoms with van der Waals surface area (Å²) in [5, 5.41) is 15.7. The summed E-state index contributed by atoms with van der Waals surface area (Å²) in [5.41, 5.74) is 1.73. The maximum atomic E-state index is 12.0. The third kappa shape index (κ3) is 5.85. The molecular weight excluding hydrogens is 416 g/mol. The van der Waals surface area contributed by atoms with Crippen LogP contribution in [0, 0.1) is 0 Å². The van der Waals surface area contributed by atoms with Gasteiger partial charge in [-0.3, -0.25) is 4.79 Å². The fourth-order valence-electron chi connectivity index (χ4n) is 2.34. The first kappa shape index (κ1) is 20.4. The van der Waals surface area contributed by atoms with Crippen molar-refractivity contribution in [3.8, 4) is 5.75 Å². The molecular formula is C19H19ClN4O2S2. The van der Waals surface area contributed by atoms with E-state index >= 15 is 0 Å². The van der Waals surface area contributed by atoms with Crippen molar-refractivity contribution in [3.63, 3.8) is 0 Å². The lowest BCUT2D eigenvalue weighted by molar-refractivity contribution is -0.120. The summed E-state index contributed by atoms with van der Waals surface area (Å²) in [6.45, 7) is 0.426. The van der Waals surface area contributed by atoms with Crippen LogP contribution in [0.5, 0.6) is 5.75 Å². The molecule has 9 heteroatoms. The van der Waals surface area contributed by atoms with Crippen LogP contribution in [0.25, 0.3) is 0 Å². The number of thioether (sulfide) groups is 1. The molecule has 28 heavy (non-hydrogen) atoms. The van der Waals surface area contributed by atoms with Crippen molar-refractivity contribution in [2.45, 2.75) is 17.3 Å². The number of methoxy groups -OCH3 is 1. The van der Waals surface area contributed by atoms with E-state index in [-0.39, 0.29) is 5.91 Å². The van der Waals surface area contributed by atoms with Crippen molar-refractivity contribution < 1.29 is 9.53 Å². The number of amides is 1. The van der Waals surface area contributed by atoms with Crippen molar-refractivity contribution in [1.82, 2.24) is 15.5 Å². The van der Waals surface area contributed by atoms with Gasteiger partial charge in [-0.2, -0.15) is 0 Å². The van der Waals surface area contributed by atoms with Gasteiger partial charge in [0, 0.05) is 23.7 Å². The van der Waals surface area contributed by atoms with Gasteiger partial charge in [-0.1, -0.05) is 65.0 Å². The highest BCUT2D eigenvalue weighted by Crippen LogP contribution is 2.31. The molecule has 6 nitrogen and oxygen atoms in total. The predicted octanol–water partition coefficient (Wildman–Crippen LogP) is 4.74. The summed E-state index contributed by atoms with van der Waals surface area (Å²) in [7, 11) is 1.62. The molecule has 0 bridgehead atoms. The zero-order valence-electron chi connectivity index (χ0n) is 15.1. The highest BCUT2D eigenvalue weighted by molar-refractivity contribution is 8.01. The van der Waals surface area contributed by atoms with Crippen molar-refractivity contribution in [3.05, 3.63) is 59.1 Å². The standard InChI is InChI=1S/C19H19ClN4O2S2/c1-26-16-9-5-4-8-15(16)22-18-23-24-19(28-18)27-11-10-17(25)21-12-13-6-2-3-7-14(13)20/h2-9H,10-12H2,1H3,(H,21,25)(H,22,23). The van der Waals surface area contributed by atoms with E-state index < -0.39 is 0 Å². The number of hydrogen-bond donors (Lipinski definition) is 2. The number of ether oxygens (including phenoxy) is 1. The lowest BCUT2D eigenvalue weighted by Gasteiger charge is -2.07. The summed E-state index contributed by atoms with van der Waals surface area (Å²) in [4.78, 5) is 12.0. The van der Waals surface area contributed by atoms with Gasteiger partial charge in [0.05, 0.1) is 12.8 Å². The minimum absolute atomic E-state index is 0.0238. The van der Waals surface area contributed by atoms with E-state index in [4.69, 9.17) is 16.3 Å². The summed E-state index contributed by atoms with van der Waals surface area (Å²) >= 11 is 9.03. The fourth-order valence-corrected chi connectivity index (χ4v) is 4.31. The number of aromatic nitrogens is 2. The van der Waals surface area contributed by atoms with Crippen LogP contribution in [0.3, 0.4) is 0 Å². The molecule has 3 aromatic rings. The molecule has 2 N–H and O–H groups in total. The van der Waals surface area contributed by atoms with Crippen LogP contribution in [0.1, 0.15) is 12.0 Å². The molecule has 146 valence electrons. The first-order chi connectivity index (χ1) is 13.7. The van der Waals surface area contributed by atoms with Gasteiger partial charge in [0.1, 0.15) is 5.75 Å². The minimum Gasteiger partial charge on any atom is -0.495 e. The van der Waals surface area contributed by atoms with Crippen LogP contribution in [-0.4, -0.2) is 29.0 Å². The maximum Gasteiger partial charge on any atom is 0.221 e. The highest BCUT2D eigenvalue weighted by Gasteiger charge is 2.09. The van der Waals surface area contributed by atoms with E-state index in [1.54, 1.807) is 7.11 Å². The molecule has 1 heterocycles. The Labute approximate surface area is 176 Å². The molecule has 0 aliphatic carbocycles. The SMILES string of the molecule is COc1ccccc1Nc1nnc(SCCC(=O)NCc2ccccc2Cl)s1. The molecule has 0 aliphatic heterocycles. The molecule has 0 spiro atoms. The lowest BCUT2D eigenvalue weighted by Crippen LogP contribution is -2.23. The topological polar surface area (TPSA) is 76.1 Å². The fraction of sp³-hybridized carbons (Fsp3) is 0.211. The second kappa shape index (κ2) is 10.3. The van der Waals surface area contributed by atoms with Gasteiger partial charge in [-0.05, 0) is 23.8 Å². The van der Waals surface area contributed by atoms with Crippen molar-refractivity contribution in [2.24, 2.45) is 0 Å². The van der Waals surface area contributed by atoms with Gasteiger partial charge >= 0.3 is 0 Å². The largest absolute Gasteiger partial charge is 0.495 e. The van der Waals surface area contributed by atoms with Crippen LogP contribution >= 0.6 is 34.7 Å². The first-order valence-corrected chi connectivity index (χ1v) is 10.7. The molecule has 0 saturated carbocycles. The smallest absolute Gasteiger partial charge is 0.221 e. The van der Waals surface area contributed by atoms with Gasteiger partial charge in [0.15, 0.2) is 4.34 Å². The number of carbonyl (C=O) groups is 1. The monoisotopic (exact) mass is 434 g/mol. The number of carbonyl (C=O) groups excluding carboxylic acids is 1. The van der Waals surface area contributed by atoms with Crippen LogP contribution in [0.2, 0.25) is 5.02 Å². The molecule has 1 aromatic heterocycles. The van der Waals surface area contributed by atoms with E-state index in [2.05, 4.69) is 20.8 Å². The molecule has 2 aromatic carbocycles. The quantitative estimate of drug-likeness (QED) is 0.473. The van der Waals surface area contributed by atoms with E-state index in [1.807, 2.05) is 48.5 Å². The normalized spacial score (nSPS) is 10.5. The second-order valence-corrected chi connectivity index (χ2v) is 8.39. The van der Waals surface area contributed by atoms with E-state index in [0.29, 0.717) is 28.9 Å². The van der Waals surface area contributed by atoms with Crippen molar-refractivity contribution >= 4 is 51.4 Å². The van der Waals surface area contributed by atoms with Crippen LogP contribution in [0.4, 0.5) is 10.8 Å². The number of benzene rings is 2. The van der Waals surface area contributed by atoms with Crippen LogP contribution < -0.4 is 15.4 Å². The predicted molar refractivity (Wildman–Crippen MR) is 115 cm³/mol. The Kier molecular flexibility index (Phi) is 7.53. The zero-order valence-corrected chi connectivity index (χ0v) is 17.5. The average Bonchev–Trinajstić information content (AvgIpc) is 3.15. The summed E-state index contributed by atoms with van der Waals surface area (Å²) in [6, 6.07) is 15.1. The highest BCUT2D eigenvalue weighted by atomic mass is 35.5. The van der Waals surface area contributed by atoms with Crippen LogP contribution in [0.15, 0.2) is 52.9 Å². The Hall–Kier alpha value is -2.29. The van der Waals surface area contributed by atoms with Gasteiger partial charge in [0.2, 0.25) is 11.0 Å². The molecule has 0 radical (unpaired) electrons. The summed E-state index contributed by atoms with van der Waals surface area (Å²) in [5.74, 6) is 1.34. The minimum atomic E-state index is -0.0238. The number of anilines is 2. The van der Waals surface area contributed by atoms with E-state index in [0.717, 1.165) is 21.3 Å². The first-order valence-electron chi connectivity index (χ1n) is 8.52. The molecule has 3 rings (SSSR count). The maximum absolute atomic E-state index is 12.0. The Morgan fingerprint density at radius 1 is 1.18 bits per heavy atom. The molecule has 0 aliphatic rings. The van der Waals surface area contributed by atoms with E-state index in [9.17, 15) is 4.79 Å². The lowest BCUT2D eigenvalue weighted by atomic mass is 10.2. The van der Waals surface area contributed by atoms with E-state index in [1.165, 1.54) is 23.1 Å². The number of nitrogens with one attached hydrogen (secondary N) is 2. The Balaban J connectivity index is 1.43. The summed E-state index contributed by atoms with van der Waals surface area (Å²) in [6.07, 6.45) is 0.393. The average molecular weight is 435 g/mol.